The van der Waals surface area contributed by atoms with Crippen molar-refractivity contribution in [3.63, 3.8) is 0 Å². The van der Waals surface area contributed by atoms with Crippen LogP contribution in [-0.4, -0.2) is 16.8 Å². The monoisotopic (exact) mass is 359 g/mol. The number of hydrazine groups is 1. The largest absolute Gasteiger partial charge is 0.359 e. The predicted molar refractivity (Wildman–Crippen MR) is 86.9 cm³/mol. The van der Waals surface area contributed by atoms with Gasteiger partial charge in [-0.2, -0.15) is 0 Å². The van der Waals surface area contributed by atoms with Crippen LogP contribution in [0.4, 0.5) is 5.69 Å². The van der Waals surface area contributed by atoms with Gasteiger partial charge in [0.1, 0.15) is 6.17 Å². The zero-order chi connectivity index (χ0) is 15.7. The highest BCUT2D eigenvalue weighted by Crippen LogP contribution is 2.34. The van der Waals surface area contributed by atoms with Crippen LogP contribution in [0.5, 0.6) is 0 Å². The highest BCUT2D eigenvalue weighted by molar-refractivity contribution is 9.10. The van der Waals surface area contributed by atoms with E-state index in [0.29, 0.717) is 5.56 Å². The maximum absolute atomic E-state index is 12.7. The molecular formula is C16H14BrN3O2. The Morgan fingerprint density at radius 3 is 2.59 bits per heavy atom. The average Bonchev–Trinajstić information content (AvgIpc) is 2.50. The number of nitrogens with zero attached hydrogens (tertiary/aromatic N) is 1. The van der Waals surface area contributed by atoms with Crippen LogP contribution in [0.3, 0.4) is 0 Å². The Morgan fingerprint density at radius 2 is 1.86 bits per heavy atom. The first-order chi connectivity index (χ1) is 10.6. The van der Waals surface area contributed by atoms with E-state index in [0.717, 1.165) is 15.7 Å². The molecule has 0 bridgehead atoms. The number of carbonyl (C=O) groups excluding carboxylic acids is 2. The summed E-state index contributed by atoms with van der Waals surface area (Å²) < 4.78 is 0.857. The second-order valence-corrected chi connectivity index (χ2v) is 5.81. The summed E-state index contributed by atoms with van der Waals surface area (Å²) >= 11 is 3.49. The molecule has 2 N–H and O–H groups in total. The SMILES string of the molecule is CC(=O)NN1C(=O)c2ccccc2NC1c1ccccc1Br. The number of carbonyl (C=O) groups is 2. The quantitative estimate of drug-likeness (QED) is 0.865. The van der Waals surface area contributed by atoms with E-state index < -0.39 is 6.17 Å². The number of hydrogen-bond donors (Lipinski definition) is 2. The lowest BCUT2D eigenvalue weighted by Crippen LogP contribution is -2.52. The van der Waals surface area contributed by atoms with Gasteiger partial charge in [-0.05, 0) is 18.2 Å². The number of benzene rings is 2. The van der Waals surface area contributed by atoms with Crippen molar-refractivity contribution in [1.82, 2.24) is 10.4 Å². The van der Waals surface area contributed by atoms with Gasteiger partial charge in [-0.25, -0.2) is 5.01 Å². The van der Waals surface area contributed by atoms with E-state index in [2.05, 4.69) is 26.7 Å². The van der Waals surface area contributed by atoms with Crippen molar-refractivity contribution in [1.29, 1.82) is 0 Å². The number of hydrogen-bond acceptors (Lipinski definition) is 3. The van der Waals surface area contributed by atoms with Crippen molar-refractivity contribution >= 4 is 33.4 Å². The molecule has 0 aliphatic carbocycles. The van der Waals surface area contributed by atoms with E-state index in [1.54, 1.807) is 12.1 Å². The molecule has 6 heteroatoms. The van der Waals surface area contributed by atoms with E-state index >= 15 is 0 Å². The van der Waals surface area contributed by atoms with Gasteiger partial charge in [0.25, 0.3) is 5.91 Å². The van der Waals surface area contributed by atoms with E-state index in [1.807, 2.05) is 36.4 Å². The molecule has 3 rings (SSSR count). The summed E-state index contributed by atoms with van der Waals surface area (Å²) in [4.78, 5) is 24.2. The number of halogens is 1. The van der Waals surface area contributed by atoms with Gasteiger partial charge >= 0.3 is 0 Å². The lowest BCUT2D eigenvalue weighted by Gasteiger charge is -2.37. The number of amides is 2. The summed E-state index contributed by atoms with van der Waals surface area (Å²) in [5.41, 5.74) is 4.74. The summed E-state index contributed by atoms with van der Waals surface area (Å²) in [5.74, 6) is -0.545. The molecule has 0 saturated heterocycles. The van der Waals surface area contributed by atoms with Crippen LogP contribution in [0.25, 0.3) is 0 Å². The van der Waals surface area contributed by atoms with Crippen molar-refractivity contribution < 1.29 is 9.59 Å². The first-order valence-electron chi connectivity index (χ1n) is 6.78. The maximum Gasteiger partial charge on any atom is 0.276 e. The van der Waals surface area contributed by atoms with Crippen LogP contribution in [-0.2, 0) is 4.79 Å². The van der Waals surface area contributed by atoms with E-state index in [9.17, 15) is 9.59 Å². The van der Waals surface area contributed by atoms with Gasteiger partial charge < -0.3 is 5.32 Å². The number of para-hydroxylation sites is 1. The molecule has 0 radical (unpaired) electrons. The van der Waals surface area contributed by atoms with Gasteiger partial charge in [0, 0.05) is 22.6 Å². The smallest absolute Gasteiger partial charge is 0.276 e. The van der Waals surface area contributed by atoms with Crippen molar-refractivity contribution in [2.75, 3.05) is 5.32 Å². The maximum atomic E-state index is 12.7. The fraction of sp³-hybridized carbons (Fsp3) is 0.125. The fourth-order valence-corrected chi connectivity index (χ4v) is 2.95. The molecule has 1 aliphatic rings. The second kappa shape index (κ2) is 5.81. The third kappa shape index (κ3) is 2.57. The molecule has 0 fully saturated rings. The van der Waals surface area contributed by atoms with Gasteiger partial charge in [-0.15, -0.1) is 0 Å². The first-order valence-corrected chi connectivity index (χ1v) is 7.58. The normalized spacial score (nSPS) is 16.7. The van der Waals surface area contributed by atoms with Crippen molar-refractivity contribution in [2.24, 2.45) is 0 Å². The number of anilines is 1. The third-order valence-electron chi connectivity index (χ3n) is 3.40. The Labute approximate surface area is 136 Å². The Morgan fingerprint density at radius 1 is 1.18 bits per heavy atom. The number of nitrogens with one attached hydrogen (secondary N) is 2. The first kappa shape index (κ1) is 14.6. The van der Waals surface area contributed by atoms with Crippen LogP contribution in [0.1, 0.15) is 29.0 Å². The minimum atomic E-state index is -0.484. The lowest BCUT2D eigenvalue weighted by atomic mass is 10.1. The van der Waals surface area contributed by atoms with Gasteiger partial charge in [-0.1, -0.05) is 46.3 Å². The fourth-order valence-electron chi connectivity index (χ4n) is 2.45. The van der Waals surface area contributed by atoms with Crippen LogP contribution in [0.2, 0.25) is 0 Å². The molecule has 1 unspecified atom stereocenters. The van der Waals surface area contributed by atoms with Crippen molar-refractivity contribution in [2.45, 2.75) is 13.1 Å². The van der Waals surface area contributed by atoms with Crippen LogP contribution in [0.15, 0.2) is 53.0 Å². The third-order valence-corrected chi connectivity index (χ3v) is 4.13. The lowest BCUT2D eigenvalue weighted by molar-refractivity contribution is -0.123. The molecule has 5 nitrogen and oxygen atoms in total. The zero-order valence-corrected chi connectivity index (χ0v) is 13.4. The molecule has 1 aliphatic heterocycles. The molecule has 112 valence electrons. The zero-order valence-electron chi connectivity index (χ0n) is 11.8. The van der Waals surface area contributed by atoms with Gasteiger partial charge in [0.05, 0.1) is 5.56 Å². The summed E-state index contributed by atoms with van der Waals surface area (Å²) in [5, 5.41) is 4.62. The molecule has 2 aromatic rings. The molecule has 22 heavy (non-hydrogen) atoms. The van der Waals surface area contributed by atoms with E-state index in [1.165, 1.54) is 11.9 Å². The molecule has 1 atom stereocenters. The summed E-state index contributed by atoms with van der Waals surface area (Å²) in [6.45, 7) is 1.38. The predicted octanol–water partition coefficient (Wildman–Crippen LogP) is 3.07. The van der Waals surface area contributed by atoms with E-state index in [4.69, 9.17) is 0 Å². The van der Waals surface area contributed by atoms with Crippen LogP contribution < -0.4 is 10.7 Å². The summed E-state index contributed by atoms with van der Waals surface area (Å²) in [6, 6.07) is 14.8. The molecule has 0 spiro atoms. The number of rotatable bonds is 2. The average molecular weight is 360 g/mol. The Bertz CT molecular complexity index is 748. The van der Waals surface area contributed by atoms with Gasteiger partial charge in [0.15, 0.2) is 0 Å². The highest BCUT2D eigenvalue weighted by atomic mass is 79.9. The standard InChI is InChI=1S/C16H14BrN3O2/c1-10(21)19-20-15(11-6-2-4-8-13(11)17)18-14-9-5-3-7-12(14)16(20)22/h2-9,15,18H,1H3,(H,19,21). The topological polar surface area (TPSA) is 61.4 Å². The molecular weight excluding hydrogens is 346 g/mol. The molecule has 2 aromatic carbocycles. The van der Waals surface area contributed by atoms with Gasteiger partial charge in [-0.3, -0.25) is 15.0 Å². The second-order valence-electron chi connectivity index (χ2n) is 4.96. The minimum Gasteiger partial charge on any atom is -0.359 e. The van der Waals surface area contributed by atoms with Crippen molar-refractivity contribution in [3.8, 4) is 0 Å². The highest BCUT2D eigenvalue weighted by Gasteiger charge is 2.34. The van der Waals surface area contributed by atoms with Gasteiger partial charge in [0.2, 0.25) is 5.91 Å². The Balaban J connectivity index is 2.09. The van der Waals surface area contributed by atoms with Crippen LogP contribution in [0, 0.1) is 0 Å². The minimum absolute atomic E-state index is 0.245. The van der Waals surface area contributed by atoms with E-state index in [-0.39, 0.29) is 11.8 Å². The Kier molecular flexibility index (Phi) is 3.85. The Hall–Kier alpha value is -2.34. The molecule has 1 heterocycles. The number of fused-ring (bicyclic) bond motifs is 1. The summed E-state index contributed by atoms with van der Waals surface area (Å²) in [7, 11) is 0. The molecule has 2 amide bonds. The van der Waals surface area contributed by atoms with Crippen molar-refractivity contribution in [3.05, 3.63) is 64.1 Å². The summed E-state index contributed by atoms with van der Waals surface area (Å²) in [6.07, 6.45) is -0.484. The van der Waals surface area contributed by atoms with Crippen LogP contribution >= 0.6 is 15.9 Å². The molecule has 0 aromatic heterocycles. The molecule has 0 saturated carbocycles.